The molecule has 0 saturated carbocycles. The van der Waals surface area contributed by atoms with E-state index in [0.29, 0.717) is 0 Å². The van der Waals surface area contributed by atoms with E-state index in [1.807, 2.05) is 22.7 Å². The molecule has 126 valence electrons. The van der Waals surface area contributed by atoms with Crippen molar-refractivity contribution in [1.82, 2.24) is 4.40 Å². The Hall–Kier alpha value is -1.57. The lowest BCUT2D eigenvalue weighted by Gasteiger charge is -2.36. The van der Waals surface area contributed by atoms with Crippen LogP contribution in [0.4, 0.5) is 0 Å². The Kier molecular flexibility index (Phi) is 4.04. The summed E-state index contributed by atoms with van der Waals surface area (Å²) in [6.45, 7) is 19.8. The fourth-order valence-corrected chi connectivity index (χ4v) is 3.51. The van der Waals surface area contributed by atoms with Crippen LogP contribution in [-0.2, 0) is 16.2 Å². The maximum Gasteiger partial charge on any atom is 0.259 e. The van der Waals surface area contributed by atoms with Crippen LogP contribution in [-0.4, -0.2) is 4.40 Å². The molecule has 23 heavy (non-hydrogen) atoms. The Morgan fingerprint density at radius 3 is 1.61 bits per heavy atom. The second-order valence-electron chi connectivity index (χ2n) is 9.64. The predicted molar refractivity (Wildman–Crippen MR) is 99.8 cm³/mol. The van der Waals surface area contributed by atoms with Crippen LogP contribution in [0.15, 0.2) is 29.2 Å². The molecule has 2 heteroatoms. The van der Waals surface area contributed by atoms with Gasteiger partial charge in [0.2, 0.25) is 0 Å². The molecule has 0 amide bonds. The van der Waals surface area contributed by atoms with Crippen molar-refractivity contribution in [2.45, 2.75) is 78.6 Å². The van der Waals surface area contributed by atoms with Gasteiger partial charge < -0.3 is 0 Å². The minimum Gasteiger partial charge on any atom is -0.284 e. The van der Waals surface area contributed by atoms with Crippen LogP contribution >= 0.6 is 0 Å². The topological polar surface area (TPSA) is 21.5 Å². The Morgan fingerprint density at radius 2 is 1.17 bits per heavy atom. The third-order valence-electron chi connectivity index (χ3n) is 4.30. The van der Waals surface area contributed by atoms with E-state index in [1.165, 1.54) is 11.1 Å². The first-order valence-electron chi connectivity index (χ1n) is 8.45. The molecule has 0 aromatic carbocycles. The first kappa shape index (κ1) is 17.8. The van der Waals surface area contributed by atoms with Gasteiger partial charge in [-0.2, -0.15) is 0 Å². The molecule has 2 rings (SSSR count). The summed E-state index contributed by atoms with van der Waals surface area (Å²) in [5, 5.41) is 0. The Labute approximate surface area is 140 Å². The minimum atomic E-state index is -0.198. The molecule has 0 aliphatic rings. The van der Waals surface area contributed by atoms with Crippen molar-refractivity contribution in [1.29, 1.82) is 0 Å². The molecule has 0 aliphatic heterocycles. The zero-order valence-corrected chi connectivity index (χ0v) is 16.2. The van der Waals surface area contributed by atoms with Gasteiger partial charge in [-0.05, 0) is 39.5 Å². The summed E-state index contributed by atoms with van der Waals surface area (Å²) in [6.07, 6.45) is 1.90. The fourth-order valence-electron chi connectivity index (χ4n) is 3.51. The van der Waals surface area contributed by atoms with Gasteiger partial charge in [-0.3, -0.25) is 9.20 Å². The highest BCUT2D eigenvalue weighted by Crippen LogP contribution is 2.40. The van der Waals surface area contributed by atoms with Crippen LogP contribution in [0.3, 0.4) is 0 Å². The Morgan fingerprint density at radius 1 is 0.696 bits per heavy atom. The van der Waals surface area contributed by atoms with Crippen molar-refractivity contribution in [2.24, 2.45) is 0 Å². The van der Waals surface area contributed by atoms with E-state index in [4.69, 9.17) is 0 Å². The molecule has 2 nitrogen and oxygen atoms in total. The first-order valence-corrected chi connectivity index (χ1v) is 8.45. The van der Waals surface area contributed by atoms with Crippen molar-refractivity contribution < 1.29 is 0 Å². The van der Waals surface area contributed by atoms with Gasteiger partial charge >= 0.3 is 0 Å². The standard InChI is InChI=1S/C21H31NO/c1-19(2,3)15-14-12-10-11-13-22(14)18(23)17(21(7,8)9)16(15)20(4,5)6/h10-13H,1-9H3. The summed E-state index contributed by atoms with van der Waals surface area (Å²) in [7, 11) is 0. The highest BCUT2D eigenvalue weighted by atomic mass is 16.1. The van der Waals surface area contributed by atoms with Crippen LogP contribution in [0.25, 0.3) is 5.52 Å². The molecular weight excluding hydrogens is 282 g/mol. The fraction of sp³-hybridized carbons (Fsp3) is 0.571. The van der Waals surface area contributed by atoms with Gasteiger partial charge in [-0.25, -0.2) is 0 Å². The van der Waals surface area contributed by atoms with Crippen LogP contribution in [0.2, 0.25) is 0 Å². The molecule has 0 radical (unpaired) electrons. The molecule has 0 spiro atoms. The Bertz CT molecular complexity index is 790. The average molecular weight is 313 g/mol. The maximum absolute atomic E-state index is 13.3. The van der Waals surface area contributed by atoms with Crippen molar-refractivity contribution in [2.75, 3.05) is 0 Å². The quantitative estimate of drug-likeness (QED) is 0.655. The third kappa shape index (κ3) is 3.08. The lowest BCUT2D eigenvalue weighted by molar-refractivity contribution is 0.492. The second kappa shape index (κ2) is 5.22. The van der Waals surface area contributed by atoms with E-state index in [0.717, 1.165) is 11.1 Å². The summed E-state index contributed by atoms with van der Waals surface area (Å²) < 4.78 is 1.83. The number of hydrogen-bond donors (Lipinski definition) is 0. The zero-order chi connectivity index (χ0) is 17.8. The summed E-state index contributed by atoms with van der Waals surface area (Å²) >= 11 is 0. The number of rotatable bonds is 0. The highest BCUT2D eigenvalue weighted by molar-refractivity contribution is 5.64. The molecule has 0 fully saturated rings. The van der Waals surface area contributed by atoms with Gasteiger partial charge in [0.05, 0.1) is 5.52 Å². The predicted octanol–water partition coefficient (Wildman–Crippen LogP) is 5.19. The number of nitrogens with zero attached hydrogens (tertiary/aromatic N) is 1. The van der Waals surface area contributed by atoms with Crippen LogP contribution in [0, 0.1) is 0 Å². The first-order chi connectivity index (χ1) is 10.3. The van der Waals surface area contributed by atoms with Gasteiger partial charge in [0, 0.05) is 11.8 Å². The summed E-state index contributed by atoms with van der Waals surface area (Å²) in [4.78, 5) is 13.3. The third-order valence-corrected chi connectivity index (χ3v) is 4.30. The molecule has 0 saturated heterocycles. The molecule has 0 unspecified atom stereocenters. The molecule has 0 bridgehead atoms. The number of pyridine rings is 2. The summed E-state index contributed by atoms with van der Waals surface area (Å²) in [5.74, 6) is 0. The summed E-state index contributed by atoms with van der Waals surface area (Å²) in [5.41, 5.74) is 4.27. The lowest BCUT2D eigenvalue weighted by Crippen LogP contribution is -2.37. The largest absolute Gasteiger partial charge is 0.284 e. The number of fused-ring (bicyclic) bond motifs is 1. The molecule has 2 aromatic heterocycles. The number of aromatic nitrogens is 1. The van der Waals surface area contributed by atoms with Gasteiger partial charge in [-0.15, -0.1) is 0 Å². The van der Waals surface area contributed by atoms with Gasteiger partial charge in [0.1, 0.15) is 0 Å². The smallest absolute Gasteiger partial charge is 0.259 e. The van der Waals surface area contributed by atoms with Crippen molar-refractivity contribution in [3.63, 3.8) is 0 Å². The Balaban J connectivity index is 3.24. The van der Waals surface area contributed by atoms with Crippen molar-refractivity contribution >= 4 is 5.52 Å². The molecule has 2 heterocycles. The molecule has 0 N–H and O–H groups in total. The number of hydrogen-bond acceptors (Lipinski definition) is 1. The monoisotopic (exact) mass is 313 g/mol. The normalized spacial score (nSPS) is 13.6. The summed E-state index contributed by atoms with van der Waals surface area (Å²) in [6, 6.07) is 6.03. The van der Waals surface area contributed by atoms with Crippen LogP contribution in [0.5, 0.6) is 0 Å². The van der Waals surface area contributed by atoms with E-state index in [2.05, 4.69) is 68.4 Å². The van der Waals surface area contributed by atoms with E-state index >= 15 is 0 Å². The van der Waals surface area contributed by atoms with Gasteiger partial charge in [-0.1, -0.05) is 68.4 Å². The molecular formula is C21H31NO. The van der Waals surface area contributed by atoms with Crippen LogP contribution < -0.4 is 5.56 Å². The minimum absolute atomic E-state index is 0.0388. The highest BCUT2D eigenvalue weighted by Gasteiger charge is 2.35. The SMILES string of the molecule is CC(C)(C)c1c(C(C)(C)C)c(=O)n2ccccc2c1C(C)(C)C. The van der Waals surface area contributed by atoms with E-state index in [9.17, 15) is 4.79 Å². The van der Waals surface area contributed by atoms with E-state index in [1.54, 1.807) is 0 Å². The van der Waals surface area contributed by atoms with E-state index in [-0.39, 0.29) is 21.8 Å². The lowest BCUT2D eigenvalue weighted by atomic mass is 9.69. The van der Waals surface area contributed by atoms with Crippen molar-refractivity contribution in [3.8, 4) is 0 Å². The second-order valence-corrected chi connectivity index (χ2v) is 9.64. The maximum atomic E-state index is 13.3. The van der Waals surface area contributed by atoms with Crippen LogP contribution in [0.1, 0.15) is 79.0 Å². The zero-order valence-electron chi connectivity index (χ0n) is 16.2. The van der Waals surface area contributed by atoms with Crippen molar-refractivity contribution in [3.05, 3.63) is 51.4 Å². The molecule has 0 atom stereocenters. The average Bonchev–Trinajstić information content (AvgIpc) is 2.34. The van der Waals surface area contributed by atoms with Gasteiger partial charge in [0.25, 0.3) is 5.56 Å². The van der Waals surface area contributed by atoms with E-state index < -0.39 is 0 Å². The molecule has 0 aliphatic carbocycles. The molecule has 2 aromatic rings. The van der Waals surface area contributed by atoms with Gasteiger partial charge in [0.15, 0.2) is 0 Å².